The molecule has 0 amide bonds. The van der Waals surface area contributed by atoms with Gasteiger partial charge < -0.3 is 0 Å². The van der Waals surface area contributed by atoms with Gasteiger partial charge in [0.1, 0.15) is 17.9 Å². The highest BCUT2D eigenvalue weighted by Crippen LogP contribution is 2.07. The van der Waals surface area contributed by atoms with E-state index in [1.807, 2.05) is 18.5 Å². The van der Waals surface area contributed by atoms with Gasteiger partial charge in [0.25, 0.3) is 0 Å². The molecular formula is C11H19N3O. The minimum atomic E-state index is 0.122. The number of aryl methyl sites for hydroxylation is 1. The Bertz CT molecular complexity index is 319. The molecule has 0 aliphatic heterocycles. The molecule has 1 heterocycles. The van der Waals surface area contributed by atoms with Crippen molar-refractivity contribution in [2.24, 2.45) is 5.92 Å². The molecule has 1 unspecified atom stereocenters. The average molecular weight is 209 g/mol. The Balaban J connectivity index is 2.63. The molecule has 1 atom stereocenters. The first-order valence-electron chi connectivity index (χ1n) is 5.58. The van der Waals surface area contributed by atoms with E-state index in [9.17, 15) is 4.79 Å². The van der Waals surface area contributed by atoms with Gasteiger partial charge in [-0.05, 0) is 12.8 Å². The van der Waals surface area contributed by atoms with E-state index in [0.29, 0.717) is 6.42 Å². The topological polar surface area (TPSA) is 47.8 Å². The highest BCUT2D eigenvalue weighted by atomic mass is 16.1. The summed E-state index contributed by atoms with van der Waals surface area (Å²) in [4.78, 5) is 15.8. The van der Waals surface area contributed by atoms with E-state index in [2.05, 4.69) is 17.0 Å². The zero-order valence-corrected chi connectivity index (χ0v) is 9.73. The smallest absolute Gasteiger partial charge is 0.143 e. The van der Waals surface area contributed by atoms with E-state index in [4.69, 9.17) is 0 Å². The molecule has 0 spiro atoms. The summed E-state index contributed by atoms with van der Waals surface area (Å²) < 4.78 is 1.82. The Labute approximate surface area is 90.7 Å². The fraction of sp³-hybridized carbons (Fsp3) is 0.727. The van der Waals surface area contributed by atoms with Crippen LogP contribution in [0.3, 0.4) is 0 Å². The summed E-state index contributed by atoms with van der Waals surface area (Å²) in [5.74, 6) is 1.17. The summed E-state index contributed by atoms with van der Waals surface area (Å²) >= 11 is 0. The monoisotopic (exact) mass is 209 g/mol. The van der Waals surface area contributed by atoms with Gasteiger partial charge in [-0.2, -0.15) is 5.10 Å². The van der Waals surface area contributed by atoms with E-state index in [0.717, 1.165) is 25.2 Å². The Morgan fingerprint density at radius 1 is 1.53 bits per heavy atom. The quantitative estimate of drug-likeness (QED) is 0.718. The zero-order valence-electron chi connectivity index (χ0n) is 9.73. The summed E-state index contributed by atoms with van der Waals surface area (Å²) in [7, 11) is 0. The number of carbonyl (C=O) groups excluding carboxylic acids is 1. The zero-order chi connectivity index (χ0) is 11.3. The Kier molecular flexibility index (Phi) is 4.46. The average Bonchev–Trinajstić information content (AvgIpc) is 2.65. The van der Waals surface area contributed by atoms with Crippen molar-refractivity contribution in [3.63, 3.8) is 0 Å². The van der Waals surface area contributed by atoms with Gasteiger partial charge in [0.2, 0.25) is 0 Å². The number of carbonyl (C=O) groups is 1. The lowest BCUT2D eigenvalue weighted by atomic mass is 10.0. The van der Waals surface area contributed by atoms with Crippen LogP contribution in [0, 0.1) is 5.92 Å². The SMILES string of the molecule is CCCn1ncnc1CC(=O)C(C)CC. The van der Waals surface area contributed by atoms with Crippen molar-refractivity contribution in [1.29, 1.82) is 0 Å². The predicted molar refractivity (Wildman–Crippen MR) is 58.5 cm³/mol. The lowest BCUT2D eigenvalue weighted by Gasteiger charge is -2.07. The number of hydrogen-bond acceptors (Lipinski definition) is 3. The first-order valence-corrected chi connectivity index (χ1v) is 5.58. The maximum absolute atomic E-state index is 11.7. The first kappa shape index (κ1) is 11.9. The van der Waals surface area contributed by atoms with Gasteiger partial charge in [-0.15, -0.1) is 0 Å². The molecule has 4 nitrogen and oxygen atoms in total. The molecule has 0 N–H and O–H groups in total. The van der Waals surface area contributed by atoms with Crippen molar-refractivity contribution < 1.29 is 4.79 Å². The molecule has 0 saturated carbocycles. The van der Waals surface area contributed by atoms with E-state index < -0.39 is 0 Å². The standard InChI is InChI=1S/C11H19N3O/c1-4-6-14-11(12-8-13-14)7-10(15)9(3)5-2/h8-9H,4-7H2,1-3H3. The Morgan fingerprint density at radius 3 is 2.87 bits per heavy atom. The van der Waals surface area contributed by atoms with Crippen LogP contribution in [0.4, 0.5) is 0 Å². The second-order valence-corrected chi connectivity index (χ2v) is 3.85. The first-order chi connectivity index (χ1) is 7.19. The van der Waals surface area contributed by atoms with Crippen molar-refractivity contribution in [2.45, 2.75) is 46.6 Å². The number of ketones is 1. The van der Waals surface area contributed by atoms with Gasteiger partial charge in [-0.3, -0.25) is 4.79 Å². The summed E-state index contributed by atoms with van der Waals surface area (Å²) in [6.07, 6.45) is 3.83. The molecule has 0 aliphatic rings. The molecule has 0 fully saturated rings. The molecule has 4 heteroatoms. The number of rotatable bonds is 6. The summed E-state index contributed by atoms with van der Waals surface area (Å²) in [5.41, 5.74) is 0. The Morgan fingerprint density at radius 2 is 2.27 bits per heavy atom. The molecule has 0 radical (unpaired) electrons. The lowest BCUT2D eigenvalue weighted by Crippen LogP contribution is -2.16. The van der Waals surface area contributed by atoms with E-state index in [1.165, 1.54) is 6.33 Å². The van der Waals surface area contributed by atoms with Crippen LogP contribution in [0.25, 0.3) is 0 Å². The van der Waals surface area contributed by atoms with Crippen LogP contribution in [-0.2, 0) is 17.8 Å². The van der Waals surface area contributed by atoms with Gasteiger partial charge in [0, 0.05) is 12.5 Å². The molecule has 0 aliphatic carbocycles. The molecular weight excluding hydrogens is 190 g/mol. The number of aromatic nitrogens is 3. The summed E-state index contributed by atoms with van der Waals surface area (Å²) in [5, 5.41) is 4.10. The fourth-order valence-electron chi connectivity index (χ4n) is 1.38. The maximum atomic E-state index is 11.7. The van der Waals surface area contributed by atoms with Gasteiger partial charge in [-0.1, -0.05) is 20.8 Å². The van der Waals surface area contributed by atoms with Crippen LogP contribution in [0.15, 0.2) is 6.33 Å². The third-order valence-corrected chi connectivity index (χ3v) is 2.63. The van der Waals surface area contributed by atoms with Gasteiger partial charge in [-0.25, -0.2) is 9.67 Å². The largest absolute Gasteiger partial charge is 0.299 e. The Hall–Kier alpha value is -1.19. The molecule has 1 aromatic heterocycles. The van der Waals surface area contributed by atoms with Gasteiger partial charge in [0.05, 0.1) is 6.42 Å². The van der Waals surface area contributed by atoms with Gasteiger partial charge >= 0.3 is 0 Å². The van der Waals surface area contributed by atoms with Crippen LogP contribution in [-0.4, -0.2) is 20.5 Å². The molecule has 84 valence electrons. The van der Waals surface area contributed by atoms with Crippen LogP contribution >= 0.6 is 0 Å². The second-order valence-electron chi connectivity index (χ2n) is 3.85. The van der Waals surface area contributed by atoms with Crippen molar-refractivity contribution in [1.82, 2.24) is 14.8 Å². The molecule has 0 bridgehead atoms. The third-order valence-electron chi connectivity index (χ3n) is 2.63. The number of hydrogen-bond donors (Lipinski definition) is 0. The van der Waals surface area contributed by atoms with Crippen LogP contribution in [0.1, 0.15) is 39.4 Å². The van der Waals surface area contributed by atoms with E-state index in [1.54, 1.807) is 0 Å². The lowest BCUT2D eigenvalue weighted by molar-refractivity contribution is -0.121. The van der Waals surface area contributed by atoms with Crippen LogP contribution in [0.5, 0.6) is 0 Å². The normalized spacial score (nSPS) is 12.7. The van der Waals surface area contributed by atoms with Crippen molar-refractivity contribution in [2.75, 3.05) is 0 Å². The minimum Gasteiger partial charge on any atom is -0.299 e. The number of Topliss-reactive ketones (excluding diaryl/α,β-unsaturated/α-hetero) is 1. The number of nitrogens with zero attached hydrogens (tertiary/aromatic N) is 3. The molecule has 1 rings (SSSR count). The maximum Gasteiger partial charge on any atom is 0.143 e. The van der Waals surface area contributed by atoms with Crippen molar-refractivity contribution >= 4 is 5.78 Å². The second kappa shape index (κ2) is 5.63. The predicted octanol–water partition coefficient (Wildman–Crippen LogP) is 1.85. The third kappa shape index (κ3) is 3.15. The van der Waals surface area contributed by atoms with Crippen molar-refractivity contribution in [3.05, 3.63) is 12.2 Å². The molecule has 1 aromatic rings. The van der Waals surface area contributed by atoms with Crippen LogP contribution < -0.4 is 0 Å². The van der Waals surface area contributed by atoms with Crippen molar-refractivity contribution in [3.8, 4) is 0 Å². The van der Waals surface area contributed by atoms with Crippen LogP contribution in [0.2, 0.25) is 0 Å². The van der Waals surface area contributed by atoms with E-state index >= 15 is 0 Å². The summed E-state index contributed by atoms with van der Waals surface area (Å²) in [6, 6.07) is 0. The fourth-order valence-corrected chi connectivity index (χ4v) is 1.38. The highest BCUT2D eigenvalue weighted by molar-refractivity contribution is 5.82. The molecule has 0 aromatic carbocycles. The highest BCUT2D eigenvalue weighted by Gasteiger charge is 2.14. The van der Waals surface area contributed by atoms with Gasteiger partial charge in [0.15, 0.2) is 0 Å². The summed E-state index contributed by atoms with van der Waals surface area (Å²) in [6.45, 7) is 6.91. The molecule has 0 saturated heterocycles. The molecule has 15 heavy (non-hydrogen) atoms. The minimum absolute atomic E-state index is 0.122. The van der Waals surface area contributed by atoms with E-state index in [-0.39, 0.29) is 11.7 Å².